The van der Waals surface area contributed by atoms with Crippen LogP contribution in [0.4, 0.5) is 0 Å². The van der Waals surface area contributed by atoms with E-state index in [1.807, 2.05) is 0 Å². The predicted molar refractivity (Wildman–Crippen MR) is 23.8 cm³/mol. The molecule has 0 saturated carbocycles. The van der Waals surface area contributed by atoms with Crippen LogP contribution in [-0.2, 0) is 32.7 Å². The summed E-state index contributed by atoms with van der Waals surface area (Å²) in [4.78, 5) is 0. The molecule has 3 radical (unpaired) electrons. The second-order valence-corrected chi connectivity index (χ2v) is 1.50. The van der Waals surface area contributed by atoms with Crippen molar-refractivity contribution in [3.05, 3.63) is 0 Å². The Kier molecular flexibility index (Phi) is 20.9. The molecule has 0 aromatic carbocycles. The van der Waals surface area contributed by atoms with E-state index in [-0.39, 0.29) is 32.7 Å². The zero-order chi connectivity index (χ0) is 2.71. The third-order valence-corrected chi connectivity index (χ3v) is 0. The van der Waals surface area contributed by atoms with E-state index in [9.17, 15) is 0 Å². The van der Waals surface area contributed by atoms with Crippen molar-refractivity contribution in [3.63, 3.8) is 0 Å². The number of rotatable bonds is 0. The Morgan fingerprint density at radius 3 is 1.75 bits per heavy atom. The summed E-state index contributed by atoms with van der Waals surface area (Å²) in [6.45, 7) is 0. The molecule has 2 unspecified atom stereocenters. The maximum Gasteiger partial charge on any atom is 0.110 e. The molecule has 0 bridgehead atoms. The van der Waals surface area contributed by atoms with Crippen molar-refractivity contribution in [2.24, 2.45) is 0 Å². The quantitative estimate of drug-likeness (QED) is 0.362. The molecule has 0 rings (SSSR count). The summed E-state index contributed by atoms with van der Waals surface area (Å²) >= 11 is 0. The first-order valence-corrected chi connectivity index (χ1v) is 3.46. The molecule has 0 aliphatic rings. The SMILES string of the molecule is [B]PP.[Y]. The van der Waals surface area contributed by atoms with Gasteiger partial charge in [0.25, 0.3) is 0 Å². The molecule has 0 aromatic heterocycles. The summed E-state index contributed by atoms with van der Waals surface area (Å²) in [5.74, 6) is 0. The van der Waals surface area contributed by atoms with Gasteiger partial charge in [-0.05, 0) is 0 Å². The van der Waals surface area contributed by atoms with E-state index in [1.54, 1.807) is 0 Å². The average Bonchev–Trinajstić information content (AvgIpc) is 0.918. The Morgan fingerprint density at radius 1 is 1.75 bits per heavy atom. The minimum Gasteiger partial charge on any atom is -0.153 e. The van der Waals surface area contributed by atoms with Crippen LogP contribution in [0.2, 0.25) is 0 Å². The minimum absolute atomic E-state index is 0. The van der Waals surface area contributed by atoms with Gasteiger partial charge in [-0.15, -0.1) is 8.93 Å². The molecule has 0 N–H and O–H groups in total. The van der Waals surface area contributed by atoms with Crippen LogP contribution >= 0.6 is 17.1 Å². The molecule has 4 heteroatoms. The van der Waals surface area contributed by atoms with E-state index in [0.29, 0.717) is 8.15 Å². The molecule has 0 saturated heterocycles. The van der Waals surface area contributed by atoms with Gasteiger partial charge in [-0.3, -0.25) is 0 Å². The normalized spacial score (nSPS) is 7.25. The van der Waals surface area contributed by atoms with Crippen molar-refractivity contribution in [2.45, 2.75) is 0 Å². The molecule has 0 spiro atoms. The van der Waals surface area contributed by atoms with Crippen molar-refractivity contribution >= 4 is 24.6 Å². The van der Waals surface area contributed by atoms with E-state index < -0.39 is 0 Å². The smallest absolute Gasteiger partial charge is 0.110 e. The summed E-state index contributed by atoms with van der Waals surface area (Å²) < 4.78 is 0. The van der Waals surface area contributed by atoms with E-state index in [4.69, 9.17) is 7.57 Å². The molecule has 0 aromatic rings. The summed E-state index contributed by atoms with van der Waals surface area (Å²) in [5.41, 5.74) is 0. The third-order valence-electron chi connectivity index (χ3n) is 0. The summed E-state index contributed by atoms with van der Waals surface area (Å²) in [6, 6.07) is 0. The van der Waals surface area contributed by atoms with Crippen molar-refractivity contribution in [3.8, 4) is 0 Å². The fourth-order valence-electron chi connectivity index (χ4n) is 0. The molecule has 0 fully saturated rings. The zero-order valence-corrected chi connectivity index (χ0v) is 7.23. The molecular weight excluding hydrogens is 162 g/mol. The van der Waals surface area contributed by atoms with Crippen molar-refractivity contribution in [1.29, 1.82) is 0 Å². The van der Waals surface area contributed by atoms with Gasteiger partial charge in [0.05, 0.1) is 0 Å². The Labute approximate surface area is 57.0 Å². The first-order valence-electron chi connectivity index (χ1n) is 0.577. The van der Waals surface area contributed by atoms with Gasteiger partial charge in [-0.2, -0.15) is 8.15 Å². The summed E-state index contributed by atoms with van der Waals surface area (Å²) in [7, 11) is 7.72. The van der Waals surface area contributed by atoms with Crippen molar-refractivity contribution in [2.75, 3.05) is 0 Å². The van der Waals surface area contributed by atoms with E-state index >= 15 is 0 Å². The van der Waals surface area contributed by atoms with Crippen LogP contribution in [0, 0.1) is 0 Å². The number of hydrogen-bond acceptors (Lipinski definition) is 0. The largest absolute Gasteiger partial charge is 0.153 e. The van der Waals surface area contributed by atoms with Crippen molar-refractivity contribution < 1.29 is 32.7 Å². The molecule has 0 heterocycles. The second kappa shape index (κ2) is 8.90. The van der Waals surface area contributed by atoms with Gasteiger partial charge in [0.1, 0.15) is 7.57 Å². The van der Waals surface area contributed by atoms with Gasteiger partial charge >= 0.3 is 0 Å². The van der Waals surface area contributed by atoms with Gasteiger partial charge in [-0.1, -0.05) is 0 Å². The molecular formula is H3BP2Y. The van der Waals surface area contributed by atoms with E-state index in [2.05, 4.69) is 8.93 Å². The zero-order valence-electron chi connectivity index (χ0n) is 2.23. The van der Waals surface area contributed by atoms with E-state index in [1.165, 1.54) is 0 Å². The van der Waals surface area contributed by atoms with Gasteiger partial charge in [0.2, 0.25) is 0 Å². The summed E-state index contributed by atoms with van der Waals surface area (Å²) in [6.07, 6.45) is 0. The fraction of sp³-hybridized carbons (Fsp3) is 0. The van der Waals surface area contributed by atoms with Gasteiger partial charge in [0, 0.05) is 32.7 Å². The molecule has 0 aliphatic heterocycles. The predicted octanol–water partition coefficient (Wildman–Crippen LogP) is 0.536. The molecule has 0 aliphatic carbocycles. The number of hydrogen-bond donors (Lipinski definition) is 0. The fourth-order valence-corrected chi connectivity index (χ4v) is 0. The first kappa shape index (κ1) is 9.39. The standard InChI is InChI=1S/BH3P2.Y/c1-3-2;/h3H,2H2;. The van der Waals surface area contributed by atoms with Gasteiger partial charge < -0.3 is 0 Å². The van der Waals surface area contributed by atoms with Crippen LogP contribution in [0.15, 0.2) is 0 Å². The topological polar surface area (TPSA) is 0 Å². The van der Waals surface area contributed by atoms with Gasteiger partial charge in [-0.25, -0.2) is 0 Å². The molecule has 0 amide bonds. The van der Waals surface area contributed by atoms with Gasteiger partial charge in [0.15, 0.2) is 0 Å². The van der Waals surface area contributed by atoms with Crippen LogP contribution < -0.4 is 0 Å². The third kappa shape index (κ3) is 8.98. The molecule has 2 atom stereocenters. The van der Waals surface area contributed by atoms with Crippen LogP contribution in [0.1, 0.15) is 0 Å². The molecule has 4 heavy (non-hydrogen) atoms. The monoisotopic (exact) mass is 165 g/mol. The van der Waals surface area contributed by atoms with Crippen LogP contribution in [0.25, 0.3) is 0 Å². The van der Waals surface area contributed by atoms with E-state index in [0.717, 1.165) is 0 Å². The minimum atomic E-state index is 0. The average molecular weight is 165 g/mol. The molecule has 0 nitrogen and oxygen atoms in total. The maximum absolute atomic E-state index is 4.84. The first-order chi connectivity index (χ1) is 1.41. The Morgan fingerprint density at radius 2 is 1.75 bits per heavy atom. The van der Waals surface area contributed by atoms with Crippen LogP contribution in [0.5, 0.6) is 0 Å². The molecule has 19 valence electrons. The maximum atomic E-state index is 4.84. The summed E-state index contributed by atoms with van der Waals surface area (Å²) in [5, 5.41) is 0. The Hall–Kier alpha value is 2.03. The van der Waals surface area contributed by atoms with Crippen molar-refractivity contribution in [1.82, 2.24) is 0 Å². The van der Waals surface area contributed by atoms with Crippen LogP contribution in [-0.4, -0.2) is 7.57 Å². The Balaban J connectivity index is 0. The van der Waals surface area contributed by atoms with Crippen LogP contribution in [0.3, 0.4) is 0 Å². The second-order valence-electron chi connectivity index (χ2n) is 0.167. The Bertz CT molecular complexity index is 6.00.